The van der Waals surface area contributed by atoms with Gasteiger partial charge in [-0.1, -0.05) is 13.8 Å². The van der Waals surface area contributed by atoms with Crippen molar-refractivity contribution in [2.24, 2.45) is 0 Å². The zero-order chi connectivity index (χ0) is 11.7. The molecule has 0 aromatic carbocycles. The fourth-order valence-electron chi connectivity index (χ4n) is 1.34. The van der Waals surface area contributed by atoms with Crippen molar-refractivity contribution in [2.75, 3.05) is 5.32 Å². The van der Waals surface area contributed by atoms with Crippen LogP contribution in [0, 0.1) is 0 Å². The van der Waals surface area contributed by atoms with Crippen LogP contribution in [0.3, 0.4) is 0 Å². The Hall–Kier alpha value is -1.65. The Balaban J connectivity index is 2.31. The highest BCUT2D eigenvalue weighted by Gasteiger charge is 2.22. The smallest absolute Gasteiger partial charge is 0.354 e. The van der Waals surface area contributed by atoms with Crippen LogP contribution in [0.5, 0.6) is 0 Å². The van der Waals surface area contributed by atoms with E-state index in [9.17, 15) is 4.79 Å². The predicted octanol–water partition coefficient (Wildman–Crippen LogP) is 1.87. The molecule has 0 radical (unpaired) electrons. The van der Waals surface area contributed by atoms with Gasteiger partial charge in [-0.25, -0.2) is 14.8 Å². The summed E-state index contributed by atoms with van der Waals surface area (Å²) in [6.07, 6.45) is 2.26. The summed E-state index contributed by atoms with van der Waals surface area (Å²) in [5.74, 6) is 0.309. The van der Waals surface area contributed by atoms with Crippen LogP contribution in [0.4, 0.5) is 5.82 Å². The van der Waals surface area contributed by atoms with E-state index in [2.05, 4.69) is 15.3 Å². The molecule has 0 saturated heterocycles. The molecule has 2 N–H and O–H groups in total. The number of nitrogens with one attached hydrogen (secondary N) is 1. The number of hydrogen-bond acceptors (Lipinski definition) is 4. The zero-order valence-electron chi connectivity index (χ0n) is 9.40. The predicted molar refractivity (Wildman–Crippen MR) is 59.7 cm³/mol. The van der Waals surface area contributed by atoms with Gasteiger partial charge in [0.15, 0.2) is 5.69 Å². The van der Waals surface area contributed by atoms with Crippen molar-refractivity contribution in [1.82, 2.24) is 9.97 Å². The Morgan fingerprint density at radius 1 is 1.50 bits per heavy atom. The van der Waals surface area contributed by atoms with E-state index in [1.54, 1.807) is 0 Å². The summed E-state index contributed by atoms with van der Waals surface area (Å²) in [4.78, 5) is 19.2. The zero-order valence-corrected chi connectivity index (χ0v) is 9.40. The molecule has 1 fully saturated rings. The van der Waals surface area contributed by atoms with E-state index in [0.29, 0.717) is 17.7 Å². The summed E-state index contributed by atoms with van der Waals surface area (Å²) in [5.41, 5.74) is 0.0573. The molecule has 0 amide bonds. The maximum Gasteiger partial charge on any atom is 0.354 e. The van der Waals surface area contributed by atoms with Crippen LogP contribution >= 0.6 is 0 Å². The first-order valence-corrected chi connectivity index (χ1v) is 5.45. The first-order valence-electron chi connectivity index (χ1n) is 5.45. The van der Waals surface area contributed by atoms with Gasteiger partial charge in [-0.2, -0.15) is 0 Å². The largest absolute Gasteiger partial charge is 0.477 e. The van der Waals surface area contributed by atoms with Gasteiger partial charge in [-0.3, -0.25) is 0 Å². The molecule has 0 atom stereocenters. The SMILES string of the molecule is CC(C)c1nc(NC2CC2)cc(C(=O)O)n1. The second kappa shape index (κ2) is 4.08. The lowest BCUT2D eigenvalue weighted by Gasteiger charge is -2.09. The third kappa shape index (κ3) is 2.48. The average molecular weight is 221 g/mol. The second-order valence-electron chi connectivity index (χ2n) is 4.38. The van der Waals surface area contributed by atoms with Crippen molar-refractivity contribution in [2.45, 2.75) is 38.6 Å². The molecule has 0 unspecified atom stereocenters. The number of carbonyl (C=O) groups is 1. The first kappa shape index (κ1) is 10.9. The van der Waals surface area contributed by atoms with Gasteiger partial charge in [0.05, 0.1) is 0 Å². The summed E-state index contributed by atoms with van der Waals surface area (Å²) >= 11 is 0. The maximum atomic E-state index is 10.9. The molecule has 86 valence electrons. The Morgan fingerprint density at radius 3 is 2.69 bits per heavy atom. The molecule has 2 rings (SSSR count). The highest BCUT2D eigenvalue weighted by atomic mass is 16.4. The molecule has 1 saturated carbocycles. The van der Waals surface area contributed by atoms with E-state index in [4.69, 9.17) is 5.11 Å². The third-order valence-corrected chi connectivity index (χ3v) is 2.41. The molecule has 16 heavy (non-hydrogen) atoms. The molecular weight excluding hydrogens is 206 g/mol. The van der Waals surface area contributed by atoms with Crippen LogP contribution in [-0.2, 0) is 0 Å². The van der Waals surface area contributed by atoms with E-state index in [1.807, 2.05) is 13.8 Å². The summed E-state index contributed by atoms with van der Waals surface area (Å²) in [6, 6.07) is 1.95. The molecule has 1 aromatic rings. The Kier molecular flexibility index (Phi) is 2.77. The van der Waals surface area contributed by atoms with Crippen LogP contribution in [0.25, 0.3) is 0 Å². The number of aromatic nitrogens is 2. The average Bonchev–Trinajstić information content (AvgIpc) is 3.01. The van der Waals surface area contributed by atoms with Crippen LogP contribution in [0.2, 0.25) is 0 Å². The minimum Gasteiger partial charge on any atom is -0.477 e. The van der Waals surface area contributed by atoms with Crippen LogP contribution in [0.15, 0.2) is 6.07 Å². The van der Waals surface area contributed by atoms with Crippen molar-refractivity contribution in [1.29, 1.82) is 0 Å². The molecule has 0 aliphatic heterocycles. The number of hydrogen-bond donors (Lipinski definition) is 2. The topological polar surface area (TPSA) is 75.1 Å². The number of carboxylic acids is 1. The molecular formula is C11H15N3O2. The number of aromatic carboxylic acids is 1. The molecule has 5 heteroatoms. The summed E-state index contributed by atoms with van der Waals surface area (Å²) in [6.45, 7) is 3.89. The van der Waals surface area contributed by atoms with Crippen molar-refractivity contribution in [3.8, 4) is 0 Å². The fraction of sp³-hybridized carbons (Fsp3) is 0.545. The summed E-state index contributed by atoms with van der Waals surface area (Å²) in [5, 5.41) is 12.1. The van der Waals surface area contributed by atoms with Crippen LogP contribution in [-0.4, -0.2) is 27.1 Å². The molecule has 1 aliphatic rings. The van der Waals surface area contributed by atoms with Gasteiger partial charge in [-0.15, -0.1) is 0 Å². The molecule has 1 aliphatic carbocycles. The van der Waals surface area contributed by atoms with Crippen LogP contribution in [0.1, 0.15) is 48.9 Å². The number of rotatable bonds is 4. The third-order valence-electron chi connectivity index (χ3n) is 2.41. The molecule has 1 heterocycles. The van der Waals surface area contributed by atoms with Crippen molar-refractivity contribution in [3.63, 3.8) is 0 Å². The van der Waals surface area contributed by atoms with Crippen molar-refractivity contribution < 1.29 is 9.90 Å². The monoisotopic (exact) mass is 221 g/mol. The number of carboxylic acid groups (broad SMARTS) is 1. The van der Waals surface area contributed by atoms with Gasteiger partial charge < -0.3 is 10.4 Å². The minimum absolute atomic E-state index is 0.0573. The summed E-state index contributed by atoms with van der Waals surface area (Å²) in [7, 11) is 0. The van der Waals surface area contributed by atoms with E-state index < -0.39 is 5.97 Å². The lowest BCUT2D eigenvalue weighted by molar-refractivity contribution is 0.0690. The van der Waals surface area contributed by atoms with Gasteiger partial charge in [0, 0.05) is 18.0 Å². The minimum atomic E-state index is -1.01. The van der Waals surface area contributed by atoms with Crippen molar-refractivity contribution >= 4 is 11.8 Å². The maximum absolute atomic E-state index is 10.9. The Morgan fingerprint density at radius 2 is 2.19 bits per heavy atom. The normalized spacial score (nSPS) is 15.2. The number of anilines is 1. The van der Waals surface area contributed by atoms with Gasteiger partial charge in [0.1, 0.15) is 11.6 Å². The fourth-order valence-corrected chi connectivity index (χ4v) is 1.34. The van der Waals surface area contributed by atoms with E-state index >= 15 is 0 Å². The molecule has 1 aromatic heterocycles. The van der Waals surface area contributed by atoms with E-state index in [1.165, 1.54) is 6.07 Å². The van der Waals surface area contributed by atoms with Gasteiger partial charge in [0.2, 0.25) is 0 Å². The lowest BCUT2D eigenvalue weighted by Crippen LogP contribution is -2.11. The van der Waals surface area contributed by atoms with Gasteiger partial charge in [0.25, 0.3) is 0 Å². The highest BCUT2D eigenvalue weighted by Crippen LogP contribution is 2.24. The highest BCUT2D eigenvalue weighted by molar-refractivity contribution is 5.86. The Bertz CT molecular complexity index is 414. The van der Waals surface area contributed by atoms with E-state index in [0.717, 1.165) is 12.8 Å². The quantitative estimate of drug-likeness (QED) is 0.811. The number of nitrogens with zero attached hydrogens (tertiary/aromatic N) is 2. The lowest BCUT2D eigenvalue weighted by atomic mass is 10.2. The Labute approximate surface area is 93.9 Å². The second-order valence-corrected chi connectivity index (χ2v) is 4.38. The van der Waals surface area contributed by atoms with Crippen molar-refractivity contribution in [3.05, 3.63) is 17.6 Å². The van der Waals surface area contributed by atoms with E-state index in [-0.39, 0.29) is 11.6 Å². The summed E-state index contributed by atoms with van der Waals surface area (Å²) < 4.78 is 0. The molecule has 0 bridgehead atoms. The first-order chi connectivity index (χ1) is 7.56. The molecule has 0 spiro atoms. The standard InChI is InChI=1S/C11H15N3O2/c1-6(2)10-13-8(11(15)16)5-9(14-10)12-7-3-4-7/h5-7H,3-4H2,1-2H3,(H,15,16)(H,12,13,14). The van der Waals surface area contributed by atoms with Gasteiger partial charge >= 0.3 is 5.97 Å². The molecule has 5 nitrogen and oxygen atoms in total. The van der Waals surface area contributed by atoms with Gasteiger partial charge in [-0.05, 0) is 12.8 Å². The van der Waals surface area contributed by atoms with Crippen LogP contribution < -0.4 is 5.32 Å².